The summed E-state index contributed by atoms with van der Waals surface area (Å²) in [6, 6.07) is 12.5. The average molecular weight is 372 g/mol. The molecule has 0 bridgehead atoms. The van der Waals surface area contributed by atoms with Gasteiger partial charge in [0.25, 0.3) is 5.91 Å². The van der Waals surface area contributed by atoms with Gasteiger partial charge in [-0.3, -0.25) is 4.79 Å². The Labute approximate surface area is 158 Å². The lowest BCUT2D eigenvalue weighted by Crippen LogP contribution is -2.17. The van der Waals surface area contributed by atoms with E-state index in [0.29, 0.717) is 29.5 Å². The van der Waals surface area contributed by atoms with Crippen LogP contribution in [0.15, 0.2) is 47.6 Å². The highest BCUT2D eigenvalue weighted by Crippen LogP contribution is 2.27. The molecule has 0 saturated carbocycles. The lowest BCUT2D eigenvalue weighted by Gasteiger charge is -2.09. The quantitative estimate of drug-likeness (QED) is 0.539. The largest absolute Gasteiger partial charge is 0.494 e. The minimum absolute atomic E-state index is 0.197. The Morgan fingerprint density at radius 3 is 2.37 bits per heavy atom. The van der Waals surface area contributed by atoms with Crippen LogP contribution in [0.3, 0.4) is 0 Å². The van der Waals surface area contributed by atoms with Crippen LogP contribution in [0.4, 0.5) is 5.69 Å². The molecule has 0 unspecified atom stereocenters. The van der Waals surface area contributed by atoms with Crippen LogP contribution in [0.5, 0.6) is 17.2 Å². The van der Waals surface area contributed by atoms with Gasteiger partial charge in [-0.25, -0.2) is 0 Å². The number of rotatable bonds is 9. The van der Waals surface area contributed by atoms with Crippen molar-refractivity contribution in [2.45, 2.75) is 13.8 Å². The second-order valence-electron chi connectivity index (χ2n) is 5.53. The topological polar surface area (TPSA) is 78.4 Å². The lowest BCUT2D eigenvalue weighted by atomic mass is 10.1. The van der Waals surface area contributed by atoms with E-state index in [-0.39, 0.29) is 12.5 Å². The summed E-state index contributed by atoms with van der Waals surface area (Å²) in [6.45, 7) is 4.10. The molecule has 7 heteroatoms. The van der Waals surface area contributed by atoms with Crippen LogP contribution in [0, 0.1) is 0 Å². The van der Waals surface area contributed by atoms with Crippen LogP contribution in [-0.2, 0) is 9.63 Å². The molecule has 0 aromatic heterocycles. The van der Waals surface area contributed by atoms with E-state index < -0.39 is 0 Å². The third-order valence-corrected chi connectivity index (χ3v) is 3.65. The number of nitrogens with zero attached hydrogens (tertiary/aromatic N) is 1. The van der Waals surface area contributed by atoms with Gasteiger partial charge in [-0.2, -0.15) is 0 Å². The highest BCUT2D eigenvalue weighted by molar-refractivity contribution is 5.99. The Bertz CT molecular complexity index is 787. The molecule has 27 heavy (non-hydrogen) atoms. The molecular weight excluding hydrogens is 348 g/mol. The standard InChI is InChI=1S/C20H24N2O5/c1-5-26-17-9-7-16(8-10-17)21-20(23)13-27-22-14(2)15-6-11-18(24-3)19(12-15)25-4/h6-12H,5,13H2,1-4H3,(H,21,23). The van der Waals surface area contributed by atoms with Gasteiger partial charge in [0.1, 0.15) is 5.75 Å². The summed E-state index contributed by atoms with van der Waals surface area (Å²) in [6.07, 6.45) is 0. The summed E-state index contributed by atoms with van der Waals surface area (Å²) >= 11 is 0. The molecule has 0 heterocycles. The zero-order valence-electron chi connectivity index (χ0n) is 15.9. The van der Waals surface area contributed by atoms with E-state index in [2.05, 4.69) is 10.5 Å². The maximum Gasteiger partial charge on any atom is 0.265 e. The van der Waals surface area contributed by atoms with Crippen LogP contribution in [0.25, 0.3) is 0 Å². The van der Waals surface area contributed by atoms with Gasteiger partial charge in [0.05, 0.1) is 26.5 Å². The summed E-state index contributed by atoms with van der Waals surface area (Å²) in [5.74, 6) is 1.67. The number of benzene rings is 2. The maximum atomic E-state index is 12.0. The molecule has 0 spiro atoms. The number of oxime groups is 1. The summed E-state index contributed by atoms with van der Waals surface area (Å²) in [5.41, 5.74) is 2.08. The first-order valence-corrected chi connectivity index (χ1v) is 8.49. The monoisotopic (exact) mass is 372 g/mol. The van der Waals surface area contributed by atoms with Crippen LogP contribution >= 0.6 is 0 Å². The summed E-state index contributed by atoms with van der Waals surface area (Å²) in [5, 5.41) is 6.72. The Balaban J connectivity index is 1.89. The van der Waals surface area contributed by atoms with Crippen molar-refractivity contribution in [3.8, 4) is 17.2 Å². The van der Waals surface area contributed by atoms with E-state index in [1.54, 1.807) is 57.5 Å². The van der Waals surface area contributed by atoms with E-state index in [9.17, 15) is 4.79 Å². The zero-order valence-corrected chi connectivity index (χ0v) is 15.9. The fraction of sp³-hybridized carbons (Fsp3) is 0.300. The van der Waals surface area contributed by atoms with Crippen molar-refractivity contribution in [3.05, 3.63) is 48.0 Å². The molecule has 0 aliphatic carbocycles. The number of hydrogen-bond acceptors (Lipinski definition) is 6. The number of carbonyl (C=O) groups is 1. The molecule has 144 valence electrons. The first-order chi connectivity index (χ1) is 13.1. The van der Waals surface area contributed by atoms with Gasteiger partial charge >= 0.3 is 0 Å². The fourth-order valence-electron chi connectivity index (χ4n) is 2.30. The van der Waals surface area contributed by atoms with Crippen LogP contribution in [-0.4, -0.2) is 39.1 Å². The van der Waals surface area contributed by atoms with Crippen LogP contribution in [0.2, 0.25) is 0 Å². The van der Waals surface area contributed by atoms with Crippen molar-refractivity contribution >= 4 is 17.3 Å². The molecule has 0 aliphatic rings. The van der Waals surface area contributed by atoms with Gasteiger partial charge in [-0.05, 0) is 56.3 Å². The van der Waals surface area contributed by atoms with Gasteiger partial charge in [-0.15, -0.1) is 0 Å². The third-order valence-electron chi connectivity index (χ3n) is 3.65. The van der Waals surface area contributed by atoms with Crippen LogP contribution < -0.4 is 19.5 Å². The normalized spacial score (nSPS) is 10.9. The third kappa shape index (κ3) is 5.91. The molecule has 1 amide bonds. The molecule has 2 rings (SSSR count). The molecule has 0 radical (unpaired) electrons. The molecule has 0 saturated heterocycles. The second-order valence-corrected chi connectivity index (χ2v) is 5.53. The minimum Gasteiger partial charge on any atom is -0.494 e. The van der Waals surface area contributed by atoms with Gasteiger partial charge in [0, 0.05) is 11.3 Å². The molecule has 7 nitrogen and oxygen atoms in total. The molecule has 0 fully saturated rings. The molecule has 1 N–H and O–H groups in total. The second kappa shape index (κ2) is 10.1. The first kappa shape index (κ1) is 20.1. The highest BCUT2D eigenvalue weighted by atomic mass is 16.6. The zero-order chi connectivity index (χ0) is 19.6. The van der Waals surface area contributed by atoms with E-state index in [0.717, 1.165) is 11.3 Å². The Hall–Kier alpha value is -3.22. The Morgan fingerprint density at radius 1 is 1.04 bits per heavy atom. The molecule has 2 aromatic carbocycles. The number of hydrogen-bond donors (Lipinski definition) is 1. The highest BCUT2D eigenvalue weighted by Gasteiger charge is 2.08. The Kier molecular flexibility index (Phi) is 7.49. The number of ether oxygens (including phenoxy) is 3. The molecular formula is C20H24N2O5. The number of carbonyl (C=O) groups excluding carboxylic acids is 1. The number of methoxy groups -OCH3 is 2. The predicted molar refractivity (Wildman–Crippen MR) is 104 cm³/mol. The van der Waals surface area contributed by atoms with Gasteiger partial charge in [0.2, 0.25) is 0 Å². The van der Waals surface area contributed by atoms with Crippen LogP contribution in [0.1, 0.15) is 19.4 Å². The fourth-order valence-corrected chi connectivity index (χ4v) is 2.30. The SMILES string of the molecule is CCOc1ccc(NC(=O)CON=C(C)c2ccc(OC)c(OC)c2)cc1. The average Bonchev–Trinajstić information content (AvgIpc) is 2.69. The Morgan fingerprint density at radius 2 is 1.74 bits per heavy atom. The molecule has 2 aromatic rings. The van der Waals surface area contributed by atoms with E-state index in [1.165, 1.54) is 0 Å². The predicted octanol–water partition coefficient (Wildman–Crippen LogP) is 3.48. The summed E-state index contributed by atoms with van der Waals surface area (Å²) < 4.78 is 15.8. The summed E-state index contributed by atoms with van der Waals surface area (Å²) in [4.78, 5) is 17.1. The van der Waals surface area contributed by atoms with E-state index in [1.807, 2.05) is 13.0 Å². The van der Waals surface area contributed by atoms with Gasteiger partial charge in [-0.1, -0.05) is 5.16 Å². The summed E-state index contributed by atoms with van der Waals surface area (Å²) in [7, 11) is 3.14. The van der Waals surface area contributed by atoms with Crippen molar-refractivity contribution in [1.82, 2.24) is 0 Å². The first-order valence-electron chi connectivity index (χ1n) is 8.49. The van der Waals surface area contributed by atoms with E-state index >= 15 is 0 Å². The molecule has 0 atom stereocenters. The van der Waals surface area contributed by atoms with Gasteiger partial charge in [0.15, 0.2) is 18.1 Å². The van der Waals surface area contributed by atoms with E-state index in [4.69, 9.17) is 19.0 Å². The number of amides is 1. The van der Waals surface area contributed by atoms with Crippen molar-refractivity contribution in [3.63, 3.8) is 0 Å². The van der Waals surface area contributed by atoms with Crippen molar-refractivity contribution in [1.29, 1.82) is 0 Å². The van der Waals surface area contributed by atoms with Crippen molar-refractivity contribution < 1.29 is 23.8 Å². The van der Waals surface area contributed by atoms with Gasteiger partial charge < -0.3 is 24.4 Å². The smallest absolute Gasteiger partial charge is 0.265 e. The minimum atomic E-state index is -0.303. The number of nitrogens with one attached hydrogen (secondary N) is 1. The lowest BCUT2D eigenvalue weighted by molar-refractivity contribution is -0.120. The van der Waals surface area contributed by atoms with Crippen molar-refractivity contribution in [2.75, 3.05) is 32.8 Å². The molecule has 0 aliphatic heterocycles. The maximum absolute atomic E-state index is 12.0. The van der Waals surface area contributed by atoms with Crippen molar-refractivity contribution in [2.24, 2.45) is 5.16 Å². The number of anilines is 1.